The Morgan fingerprint density at radius 3 is 2.35 bits per heavy atom. The minimum atomic E-state index is -0.383. The van der Waals surface area contributed by atoms with Crippen molar-refractivity contribution in [2.75, 3.05) is 31.1 Å². The third-order valence-corrected chi connectivity index (χ3v) is 7.58. The van der Waals surface area contributed by atoms with E-state index in [2.05, 4.69) is 84.0 Å². The van der Waals surface area contributed by atoms with Gasteiger partial charge in [0, 0.05) is 48.0 Å². The Balaban J connectivity index is 1.57. The van der Waals surface area contributed by atoms with Crippen molar-refractivity contribution >= 4 is 28.2 Å². The van der Waals surface area contributed by atoms with E-state index in [0.717, 1.165) is 53.4 Å². The highest BCUT2D eigenvalue weighted by molar-refractivity contribution is 6.30. The van der Waals surface area contributed by atoms with E-state index in [1.54, 1.807) is 0 Å². The molecule has 0 spiro atoms. The Labute approximate surface area is 222 Å². The van der Waals surface area contributed by atoms with Crippen molar-refractivity contribution in [3.63, 3.8) is 0 Å². The van der Waals surface area contributed by atoms with Gasteiger partial charge in [-0.1, -0.05) is 17.7 Å². The number of nitrogens with one attached hydrogen (secondary N) is 1. The zero-order valence-electron chi connectivity index (χ0n) is 22.3. The molecule has 1 fully saturated rings. The molecule has 3 heterocycles. The van der Waals surface area contributed by atoms with Crippen LogP contribution in [0, 0.1) is 20.8 Å². The number of aromatic amines is 1. The Hall–Kier alpha value is -3.23. The lowest BCUT2D eigenvalue weighted by Gasteiger charge is -2.40. The molecule has 37 heavy (non-hydrogen) atoms. The summed E-state index contributed by atoms with van der Waals surface area (Å²) in [6, 6.07) is 11.8. The number of aromatic nitrogens is 5. The van der Waals surface area contributed by atoms with Crippen LogP contribution in [0.4, 0.5) is 5.69 Å². The number of hydrogen-bond acceptors (Lipinski definition) is 6. The van der Waals surface area contributed by atoms with Crippen molar-refractivity contribution in [3.05, 3.63) is 79.9 Å². The molecule has 1 N–H and O–H groups in total. The molecule has 0 radical (unpaired) electrons. The Morgan fingerprint density at radius 2 is 1.65 bits per heavy atom. The highest BCUT2D eigenvalue weighted by atomic mass is 35.5. The number of piperazine rings is 1. The Kier molecular flexibility index (Phi) is 6.58. The molecule has 8 nitrogen and oxygen atoms in total. The van der Waals surface area contributed by atoms with Gasteiger partial charge in [-0.2, -0.15) is 0 Å². The van der Waals surface area contributed by atoms with Gasteiger partial charge in [-0.25, -0.2) is 4.68 Å². The van der Waals surface area contributed by atoms with E-state index in [0.29, 0.717) is 11.4 Å². The second-order valence-electron chi connectivity index (χ2n) is 11.1. The normalized spacial score (nSPS) is 15.9. The van der Waals surface area contributed by atoms with Crippen LogP contribution in [0.5, 0.6) is 0 Å². The summed E-state index contributed by atoms with van der Waals surface area (Å²) in [5.74, 6) is 0.675. The molecule has 1 aliphatic heterocycles. The average Bonchev–Trinajstić information content (AvgIpc) is 3.33. The second kappa shape index (κ2) is 9.58. The number of halogens is 1. The first kappa shape index (κ1) is 25.4. The van der Waals surface area contributed by atoms with Crippen molar-refractivity contribution in [2.45, 2.75) is 53.1 Å². The van der Waals surface area contributed by atoms with E-state index in [9.17, 15) is 4.79 Å². The molecule has 0 aliphatic carbocycles. The van der Waals surface area contributed by atoms with Crippen molar-refractivity contribution in [2.24, 2.45) is 0 Å². The third-order valence-electron chi connectivity index (χ3n) is 7.35. The average molecular weight is 520 g/mol. The smallest absolute Gasteiger partial charge is 0.253 e. The van der Waals surface area contributed by atoms with Crippen LogP contribution in [0.25, 0.3) is 10.9 Å². The van der Waals surface area contributed by atoms with E-state index in [-0.39, 0.29) is 17.1 Å². The SMILES string of the molecule is Cc1cc2cc(C(c3nnnn3C(C)(C)C)N3CCN(c4cc(Cl)ccc4C)CC3)c(=O)[nH]c2cc1C. The summed E-state index contributed by atoms with van der Waals surface area (Å²) in [6.07, 6.45) is 0. The van der Waals surface area contributed by atoms with Gasteiger partial charge < -0.3 is 9.88 Å². The first-order chi connectivity index (χ1) is 17.5. The van der Waals surface area contributed by atoms with E-state index in [1.165, 1.54) is 11.1 Å². The predicted molar refractivity (Wildman–Crippen MR) is 149 cm³/mol. The number of anilines is 1. The first-order valence-electron chi connectivity index (χ1n) is 12.7. The van der Waals surface area contributed by atoms with Crippen molar-refractivity contribution in [1.29, 1.82) is 0 Å². The van der Waals surface area contributed by atoms with E-state index < -0.39 is 0 Å². The van der Waals surface area contributed by atoms with Gasteiger partial charge in [-0.05, 0) is 104 Å². The Bertz CT molecular complexity index is 1510. The van der Waals surface area contributed by atoms with E-state index in [4.69, 9.17) is 11.6 Å². The van der Waals surface area contributed by atoms with Gasteiger partial charge in [0.15, 0.2) is 5.82 Å². The van der Waals surface area contributed by atoms with Crippen LogP contribution < -0.4 is 10.5 Å². The molecule has 4 aromatic rings. The molecule has 0 amide bonds. The quantitative estimate of drug-likeness (QED) is 0.418. The number of aryl methyl sites for hydroxylation is 3. The second-order valence-corrected chi connectivity index (χ2v) is 11.5. The standard InChI is InChI=1S/C28H34ClN7O/c1-17-7-8-21(29)16-24(17)34-9-11-35(12-10-34)25(26-31-32-33-36(26)28(4,5)6)22-15-20-13-18(2)19(3)14-23(20)30-27(22)37/h7-8,13-16,25H,9-12H2,1-6H3,(H,30,37). The van der Waals surface area contributed by atoms with Crippen LogP contribution in [-0.4, -0.2) is 56.3 Å². The maximum atomic E-state index is 13.6. The van der Waals surface area contributed by atoms with Crippen LogP contribution in [0.1, 0.15) is 54.9 Å². The fourth-order valence-corrected chi connectivity index (χ4v) is 5.35. The number of tetrazole rings is 1. The summed E-state index contributed by atoms with van der Waals surface area (Å²) < 4.78 is 1.84. The first-order valence-corrected chi connectivity index (χ1v) is 13.1. The summed E-state index contributed by atoms with van der Waals surface area (Å²) >= 11 is 6.31. The predicted octanol–water partition coefficient (Wildman–Crippen LogP) is 4.76. The number of fused-ring (bicyclic) bond motifs is 1. The largest absolute Gasteiger partial charge is 0.369 e. The number of pyridine rings is 1. The molecule has 0 saturated carbocycles. The molecule has 0 bridgehead atoms. The molecular formula is C28H34ClN7O. The van der Waals surface area contributed by atoms with Crippen molar-refractivity contribution < 1.29 is 0 Å². The van der Waals surface area contributed by atoms with Crippen LogP contribution in [0.15, 0.2) is 41.2 Å². The molecule has 2 aromatic carbocycles. The summed E-state index contributed by atoms with van der Waals surface area (Å²) in [7, 11) is 0. The van der Waals surface area contributed by atoms with E-state index >= 15 is 0 Å². The van der Waals surface area contributed by atoms with E-state index in [1.807, 2.05) is 28.9 Å². The lowest BCUT2D eigenvalue weighted by molar-refractivity contribution is 0.190. The van der Waals surface area contributed by atoms with Gasteiger partial charge in [-0.15, -0.1) is 5.10 Å². The minimum absolute atomic E-state index is 0.114. The van der Waals surface area contributed by atoms with Crippen molar-refractivity contribution in [3.8, 4) is 0 Å². The molecule has 5 rings (SSSR count). The lowest BCUT2D eigenvalue weighted by Crippen LogP contribution is -2.49. The summed E-state index contributed by atoms with van der Waals surface area (Å²) in [4.78, 5) is 21.4. The zero-order valence-corrected chi connectivity index (χ0v) is 23.1. The fraction of sp³-hybridized carbons (Fsp3) is 0.429. The summed E-state index contributed by atoms with van der Waals surface area (Å²) in [5, 5.41) is 14.6. The van der Waals surface area contributed by atoms with Crippen LogP contribution in [-0.2, 0) is 5.54 Å². The van der Waals surface area contributed by atoms with Crippen molar-refractivity contribution in [1.82, 2.24) is 30.1 Å². The maximum absolute atomic E-state index is 13.6. The minimum Gasteiger partial charge on any atom is -0.369 e. The molecule has 1 atom stereocenters. The van der Waals surface area contributed by atoms with Gasteiger partial charge in [0.05, 0.1) is 5.54 Å². The summed E-state index contributed by atoms with van der Waals surface area (Å²) in [6.45, 7) is 15.6. The molecule has 1 saturated heterocycles. The summed E-state index contributed by atoms with van der Waals surface area (Å²) in [5.41, 5.74) is 5.73. The number of H-pyrrole nitrogens is 1. The zero-order chi connectivity index (χ0) is 26.5. The molecule has 194 valence electrons. The van der Waals surface area contributed by atoms with Gasteiger partial charge in [0.1, 0.15) is 6.04 Å². The monoisotopic (exact) mass is 519 g/mol. The van der Waals surface area contributed by atoms with Gasteiger partial charge in [-0.3, -0.25) is 9.69 Å². The highest BCUT2D eigenvalue weighted by Gasteiger charge is 2.35. The fourth-order valence-electron chi connectivity index (χ4n) is 5.18. The van der Waals surface area contributed by atoms with Gasteiger partial charge in [0.25, 0.3) is 5.56 Å². The van der Waals surface area contributed by atoms with Crippen LogP contribution >= 0.6 is 11.6 Å². The topological polar surface area (TPSA) is 82.9 Å². The van der Waals surface area contributed by atoms with Gasteiger partial charge in [0.2, 0.25) is 0 Å². The van der Waals surface area contributed by atoms with Crippen LogP contribution in [0.2, 0.25) is 5.02 Å². The number of rotatable bonds is 4. The molecule has 1 aliphatic rings. The number of nitrogens with zero attached hydrogens (tertiary/aromatic N) is 6. The number of benzene rings is 2. The molecule has 2 aromatic heterocycles. The molecule has 9 heteroatoms. The molecular weight excluding hydrogens is 486 g/mol. The van der Waals surface area contributed by atoms with Gasteiger partial charge >= 0.3 is 0 Å². The van der Waals surface area contributed by atoms with Crippen LogP contribution in [0.3, 0.4) is 0 Å². The highest BCUT2D eigenvalue weighted by Crippen LogP contribution is 2.32. The third kappa shape index (κ3) is 4.88. The Morgan fingerprint density at radius 1 is 0.946 bits per heavy atom. The number of hydrogen-bond donors (Lipinski definition) is 1. The lowest BCUT2D eigenvalue weighted by atomic mass is 9.99. The molecule has 1 unspecified atom stereocenters. The maximum Gasteiger partial charge on any atom is 0.253 e.